The molecular weight excluding hydrogens is 334 g/mol. The third-order valence-electron chi connectivity index (χ3n) is 7.60. The number of benzene rings is 1. The second kappa shape index (κ2) is 6.80. The zero-order chi connectivity index (χ0) is 18.4. The van der Waals surface area contributed by atoms with Crippen molar-refractivity contribution in [3.05, 3.63) is 35.4 Å². The van der Waals surface area contributed by atoms with Crippen molar-refractivity contribution in [3.63, 3.8) is 0 Å². The van der Waals surface area contributed by atoms with Gasteiger partial charge in [0, 0.05) is 38.3 Å². The molecule has 5 fully saturated rings. The number of rotatable bonds is 3. The van der Waals surface area contributed by atoms with E-state index in [4.69, 9.17) is 0 Å². The highest BCUT2D eigenvalue weighted by Gasteiger charge is 2.51. The first-order valence-corrected chi connectivity index (χ1v) is 10.9. The van der Waals surface area contributed by atoms with E-state index in [1.807, 2.05) is 0 Å². The molecule has 1 N–H and O–H groups in total. The Labute approximate surface area is 163 Å². The first-order chi connectivity index (χ1) is 13.1. The van der Waals surface area contributed by atoms with Crippen LogP contribution in [-0.4, -0.2) is 47.5 Å². The molecule has 4 saturated carbocycles. The van der Waals surface area contributed by atoms with Crippen molar-refractivity contribution in [1.29, 1.82) is 0 Å². The van der Waals surface area contributed by atoms with Crippen molar-refractivity contribution in [2.24, 2.45) is 17.8 Å². The van der Waals surface area contributed by atoms with Gasteiger partial charge < -0.3 is 10.2 Å². The van der Waals surface area contributed by atoms with E-state index >= 15 is 0 Å². The maximum absolute atomic E-state index is 13.0. The Morgan fingerprint density at radius 3 is 2.07 bits per heavy atom. The monoisotopic (exact) mass is 367 g/mol. The molecule has 1 aromatic rings. The normalized spacial score (nSPS) is 35.4. The molecular formula is C23H33N3O. The highest BCUT2D eigenvalue weighted by molar-refractivity contribution is 5.75. The smallest absolute Gasteiger partial charge is 0.317 e. The lowest BCUT2D eigenvalue weighted by molar-refractivity contribution is -0.0165. The Hall–Kier alpha value is -1.55. The molecule has 6 rings (SSSR count). The summed E-state index contributed by atoms with van der Waals surface area (Å²) in [5.74, 6) is 2.63. The number of carbonyl (C=O) groups excluding carboxylic acids is 1. The number of carbonyl (C=O) groups is 1. The molecule has 1 saturated heterocycles. The molecule has 27 heavy (non-hydrogen) atoms. The number of nitrogens with one attached hydrogen (secondary N) is 1. The zero-order valence-electron chi connectivity index (χ0n) is 16.6. The van der Waals surface area contributed by atoms with Gasteiger partial charge in [-0.05, 0) is 68.8 Å². The number of amides is 2. The molecule has 0 atom stereocenters. The standard InChI is InChI=1S/C23H33N3O/c1-17-2-4-18(5-3-17)16-25-6-8-26(9-7-25)22(27)24-23-13-19-10-20(14-23)12-21(11-19)15-23/h2-5,19-21H,6-16H2,1H3,(H,24,27). The van der Waals surface area contributed by atoms with E-state index in [1.54, 1.807) is 0 Å². The summed E-state index contributed by atoms with van der Waals surface area (Å²) < 4.78 is 0. The lowest BCUT2D eigenvalue weighted by Gasteiger charge is -2.57. The van der Waals surface area contributed by atoms with Crippen molar-refractivity contribution in [3.8, 4) is 0 Å². The van der Waals surface area contributed by atoms with E-state index in [0.29, 0.717) is 0 Å². The zero-order valence-corrected chi connectivity index (χ0v) is 16.6. The fraction of sp³-hybridized carbons (Fsp3) is 0.696. The molecule has 146 valence electrons. The van der Waals surface area contributed by atoms with Crippen LogP contribution in [0.25, 0.3) is 0 Å². The molecule has 0 aromatic heterocycles. The molecule has 4 nitrogen and oxygen atoms in total. The van der Waals surface area contributed by atoms with Crippen LogP contribution in [0.5, 0.6) is 0 Å². The number of piperazine rings is 1. The first kappa shape index (κ1) is 17.5. The number of nitrogens with zero attached hydrogens (tertiary/aromatic N) is 2. The fourth-order valence-electron chi connectivity index (χ4n) is 6.63. The van der Waals surface area contributed by atoms with E-state index in [2.05, 4.69) is 46.3 Å². The van der Waals surface area contributed by atoms with Gasteiger partial charge in [0.25, 0.3) is 0 Å². The summed E-state index contributed by atoms with van der Waals surface area (Å²) in [5, 5.41) is 3.53. The number of aryl methyl sites for hydroxylation is 1. The van der Waals surface area contributed by atoms with Crippen molar-refractivity contribution >= 4 is 6.03 Å². The second-order valence-electron chi connectivity index (χ2n) is 9.88. The third-order valence-corrected chi connectivity index (χ3v) is 7.60. The van der Waals surface area contributed by atoms with Crippen LogP contribution in [0.3, 0.4) is 0 Å². The SMILES string of the molecule is Cc1ccc(CN2CCN(C(=O)NC34CC5CC(CC(C5)C3)C4)CC2)cc1. The van der Waals surface area contributed by atoms with Crippen LogP contribution in [0.2, 0.25) is 0 Å². The topological polar surface area (TPSA) is 35.6 Å². The molecule has 2 amide bonds. The minimum absolute atomic E-state index is 0.130. The molecule has 4 aliphatic carbocycles. The maximum Gasteiger partial charge on any atom is 0.317 e. The third kappa shape index (κ3) is 3.61. The molecule has 4 heteroatoms. The molecule has 1 heterocycles. The molecule has 0 spiro atoms. The molecule has 0 unspecified atom stereocenters. The Morgan fingerprint density at radius 1 is 0.963 bits per heavy atom. The summed E-state index contributed by atoms with van der Waals surface area (Å²) in [6, 6.07) is 9.02. The van der Waals surface area contributed by atoms with Gasteiger partial charge in [-0.1, -0.05) is 29.8 Å². The van der Waals surface area contributed by atoms with Gasteiger partial charge in [-0.25, -0.2) is 4.79 Å². The maximum atomic E-state index is 13.0. The van der Waals surface area contributed by atoms with Crippen LogP contribution in [0.1, 0.15) is 49.7 Å². The molecule has 0 radical (unpaired) electrons. The highest BCUT2D eigenvalue weighted by Crippen LogP contribution is 2.55. The Balaban J connectivity index is 1.14. The largest absolute Gasteiger partial charge is 0.333 e. The summed E-state index contributed by atoms with van der Waals surface area (Å²) in [5.41, 5.74) is 2.81. The summed E-state index contributed by atoms with van der Waals surface area (Å²) in [4.78, 5) is 17.5. The minimum atomic E-state index is 0.130. The number of hydrogen-bond donors (Lipinski definition) is 1. The Kier molecular flexibility index (Phi) is 4.42. The quantitative estimate of drug-likeness (QED) is 0.882. The fourth-order valence-corrected chi connectivity index (χ4v) is 6.63. The van der Waals surface area contributed by atoms with Crippen LogP contribution < -0.4 is 5.32 Å². The second-order valence-corrected chi connectivity index (χ2v) is 9.88. The van der Waals surface area contributed by atoms with Gasteiger partial charge in [-0.2, -0.15) is 0 Å². The van der Waals surface area contributed by atoms with Gasteiger partial charge in [0.05, 0.1) is 0 Å². The Morgan fingerprint density at radius 2 is 1.52 bits per heavy atom. The average molecular weight is 368 g/mol. The minimum Gasteiger partial charge on any atom is -0.333 e. The summed E-state index contributed by atoms with van der Waals surface area (Å²) >= 11 is 0. The van der Waals surface area contributed by atoms with Crippen LogP contribution in [0.15, 0.2) is 24.3 Å². The Bertz CT molecular complexity index is 655. The average Bonchev–Trinajstić information content (AvgIpc) is 2.63. The van der Waals surface area contributed by atoms with Gasteiger partial charge >= 0.3 is 6.03 Å². The van der Waals surface area contributed by atoms with Gasteiger partial charge in [0.15, 0.2) is 0 Å². The van der Waals surface area contributed by atoms with E-state index < -0.39 is 0 Å². The highest BCUT2D eigenvalue weighted by atomic mass is 16.2. The molecule has 5 aliphatic rings. The van der Waals surface area contributed by atoms with E-state index in [0.717, 1.165) is 50.5 Å². The molecule has 1 aromatic carbocycles. The van der Waals surface area contributed by atoms with E-state index in [-0.39, 0.29) is 11.6 Å². The predicted molar refractivity (Wildman–Crippen MR) is 107 cm³/mol. The lowest BCUT2D eigenvalue weighted by atomic mass is 9.53. The van der Waals surface area contributed by atoms with Gasteiger partial charge in [-0.15, -0.1) is 0 Å². The molecule has 4 bridgehead atoms. The van der Waals surface area contributed by atoms with Crippen LogP contribution >= 0.6 is 0 Å². The summed E-state index contributed by atoms with van der Waals surface area (Å²) in [7, 11) is 0. The van der Waals surface area contributed by atoms with Crippen LogP contribution in [0.4, 0.5) is 4.79 Å². The van der Waals surface area contributed by atoms with Crippen molar-refractivity contribution < 1.29 is 4.79 Å². The van der Waals surface area contributed by atoms with E-state index in [9.17, 15) is 4.79 Å². The summed E-state index contributed by atoms with van der Waals surface area (Å²) in [6.45, 7) is 6.77. The van der Waals surface area contributed by atoms with E-state index in [1.165, 1.54) is 49.7 Å². The van der Waals surface area contributed by atoms with Crippen LogP contribution in [0, 0.1) is 24.7 Å². The predicted octanol–water partition coefficient (Wildman–Crippen LogP) is 3.79. The lowest BCUT2D eigenvalue weighted by Crippen LogP contribution is -2.63. The van der Waals surface area contributed by atoms with Crippen molar-refractivity contribution in [2.75, 3.05) is 26.2 Å². The van der Waals surface area contributed by atoms with Gasteiger partial charge in [-0.3, -0.25) is 4.90 Å². The first-order valence-electron chi connectivity index (χ1n) is 10.9. The molecule has 1 aliphatic heterocycles. The van der Waals surface area contributed by atoms with Gasteiger partial charge in [0.1, 0.15) is 0 Å². The van der Waals surface area contributed by atoms with Crippen molar-refractivity contribution in [2.45, 2.75) is 57.5 Å². The van der Waals surface area contributed by atoms with Crippen molar-refractivity contribution in [1.82, 2.24) is 15.1 Å². The number of urea groups is 1. The van der Waals surface area contributed by atoms with Crippen LogP contribution in [-0.2, 0) is 6.54 Å². The van der Waals surface area contributed by atoms with Gasteiger partial charge in [0.2, 0.25) is 0 Å². The summed E-state index contributed by atoms with van der Waals surface area (Å²) in [6.07, 6.45) is 7.97. The number of hydrogen-bond acceptors (Lipinski definition) is 2.